The maximum absolute atomic E-state index is 12.2. The van der Waals surface area contributed by atoms with Gasteiger partial charge < -0.3 is 20.7 Å². The lowest BCUT2D eigenvalue weighted by molar-refractivity contribution is 0.248. The lowest BCUT2D eigenvalue weighted by Crippen LogP contribution is -2.45. The second-order valence-electron chi connectivity index (χ2n) is 5.26. The first-order valence-electron chi connectivity index (χ1n) is 7.51. The van der Waals surface area contributed by atoms with Crippen LogP contribution in [-0.2, 0) is 0 Å². The van der Waals surface area contributed by atoms with E-state index in [4.69, 9.17) is 4.74 Å². The van der Waals surface area contributed by atoms with Gasteiger partial charge in [0.25, 0.3) is 0 Å². The van der Waals surface area contributed by atoms with Gasteiger partial charge in [0.05, 0.1) is 19.0 Å². The van der Waals surface area contributed by atoms with Crippen LogP contribution in [0.3, 0.4) is 0 Å². The van der Waals surface area contributed by atoms with Gasteiger partial charge in [-0.2, -0.15) is 0 Å². The van der Waals surface area contributed by atoms with Crippen LogP contribution in [0.15, 0.2) is 48.5 Å². The Balaban J connectivity index is 1.82. The summed E-state index contributed by atoms with van der Waals surface area (Å²) in [4.78, 5) is 12.2. The van der Waals surface area contributed by atoms with Crippen LogP contribution in [0, 0.1) is 0 Å². The molecule has 0 bridgehead atoms. The van der Waals surface area contributed by atoms with Crippen LogP contribution >= 0.6 is 0 Å². The average Bonchev–Trinajstić information content (AvgIpc) is 3.08. The van der Waals surface area contributed by atoms with Crippen molar-refractivity contribution in [1.82, 2.24) is 16.0 Å². The molecule has 1 heterocycles. The van der Waals surface area contributed by atoms with Crippen molar-refractivity contribution in [2.45, 2.75) is 6.17 Å². The van der Waals surface area contributed by atoms with Gasteiger partial charge in [0.15, 0.2) is 0 Å². The standard InChI is InChI=1S/C17H20N4O2/c1-23-13-7-8-14(12-5-3-2-4-6-12)15(9-13)20-17(22)21-16-10-18-11-19-16/h2-9,16,18-19H,10-11H2,1H3,(H2,20,21,22)/t16-/m1/s1. The van der Waals surface area contributed by atoms with Gasteiger partial charge in [-0.3, -0.25) is 5.32 Å². The topological polar surface area (TPSA) is 74.4 Å². The molecule has 0 saturated carbocycles. The summed E-state index contributed by atoms with van der Waals surface area (Å²) in [6, 6.07) is 15.3. The monoisotopic (exact) mass is 312 g/mol. The molecule has 0 aliphatic carbocycles. The Bertz CT molecular complexity index is 670. The Hall–Kier alpha value is -2.57. The molecular weight excluding hydrogens is 292 g/mol. The number of rotatable bonds is 4. The smallest absolute Gasteiger partial charge is 0.320 e. The van der Waals surface area contributed by atoms with E-state index in [-0.39, 0.29) is 12.2 Å². The minimum absolute atomic E-state index is 0.0687. The van der Waals surface area contributed by atoms with E-state index in [0.717, 1.165) is 11.1 Å². The Labute approximate surface area is 135 Å². The number of ether oxygens (including phenoxy) is 1. The molecule has 0 unspecified atom stereocenters. The van der Waals surface area contributed by atoms with E-state index in [1.54, 1.807) is 7.11 Å². The molecule has 1 aliphatic heterocycles. The van der Waals surface area contributed by atoms with Crippen LogP contribution in [-0.4, -0.2) is 32.5 Å². The summed E-state index contributed by atoms with van der Waals surface area (Å²) in [5.41, 5.74) is 2.68. The molecule has 120 valence electrons. The van der Waals surface area contributed by atoms with E-state index in [0.29, 0.717) is 24.7 Å². The number of hydrogen-bond acceptors (Lipinski definition) is 4. The number of benzene rings is 2. The first-order chi connectivity index (χ1) is 11.3. The number of hydrogen-bond donors (Lipinski definition) is 4. The summed E-state index contributed by atoms with van der Waals surface area (Å²) in [6.07, 6.45) is -0.0687. The summed E-state index contributed by atoms with van der Waals surface area (Å²) in [5, 5.41) is 12.0. The number of amides is 2. The van der Waals surface area contributed by atoms with Crippen molar-refractivity contribution in [3.63, 3.8) is 0 Å². The minimum Gasteiger partial charge on any atom is -0.497 e. The second-order valence-corrected chi connectivity index (χ2v) is 5.26. The van der Waals surface area contributed by atoms with Gasteiger partial charge in [-0.25, -0.2) is 4.79 Å². The summed E-state index contributed by atoms with van der Waals surface area (Å²) >= 11 is 0. The van der Waals surface area contributed by atoms with Crippen molar-refractivity contribution in [1.29, 1.82) is 0 Å². The molecule has 2 amide bonds. The number of carbonyl (C=O) groups is 1. The van der Waals surface area contributed by atoms with Crippen molar-refractivity contribution in [2.24, 2.45) is 0 Å². The fourth-order valence-electron chi connectivity index (χ4n) is 2.53. The first-order valence-corrected chi connectivity index (χ1v) is 7.51. The zero-order valence-electron chi connectivity index (χ0n) is 12.9. The van der Waals surface area contributed by atoms with Crippen LogP contribution in [0.2, 0.25) is 0 Å². The molecule has 6 nitrogen and oxygen atoms in total. The lowest BCUT2D eigenvalue weighted by atomic mass is 10.0. The molecule has 0 radical (unpaired) electrons. The molecular formula is C17H20N4O2. The van der Waals surface area contributed by atoms with Crippen molar-refractivity contribution in [3.05, 3.63) is 48.5 Å². The van der Waals surface area contributed by atoms with Crippen LogP contribution < -0.4 is 26.0 Å². The van der Waals surface area contributed by atoms with E-state index < -0.39 is 0 Å². The lowest BCUT2D eigenvalue weighted by Gasteiger charge is -2.16. The molecule has 1 fully saturated rings. The van der Waals surface area contributed by atoms with Crippen molar-refractivity contribution >= 4 is 11.7 Å². The Morgan fingerprint density at radius 1 is 1.22 bits per heavy atom. The Morgan fingerprint density at radius 3 is 2.74 bits per heavy atom. The molecule has 3 rings (SSSR count). The van der Waals surface area contributed by atoms with Crippen LogP contribution in [0.4, 0.5) is 10.5 Å². The molecule has 23 heavy (non-hydrogen) atoms. The predicted molar refractivity (Wildman–Crippen MR) is 90.4 cm³/mol. The van der Waals surface area contributed by atoms with Gasteiger partial charge in [0.2, 0.25) is 0 Å². The van der Waals surface area contributed by atoms with Crippen LogP contribution in [0.25, 0.3) is 11.1 Å². The SMILES string of the molecule is COc1ccc(-c2ccccc2)c(NC(=O)N[C@@H]2CNCN2)c1. The largest absolute Gasteiger partial charge is 0.497 e. The van der Waals surface area contributed by atoms with Gasteiger partial charge in [-0.1, -0.05) is 30.3 Å². The normalized spacial score (nSPS) is 16.8. The number of anilines is 1. The van der Waals surface area contributed by atoms with E-state index in [9.17, 15) is 4.79 Å². The molecule has 0 aromatic heterocycles. The van der Waals surface area contributed by atoms with Gasteiger partial charge in [0.1, 0.15) is 5.75 Å². The van der Waals surface area contributed by atoms with Crippen molar-refractivity contribution in [3.8, 4) is 16.9 Å². The summed E-state index contributed by atoms with van der Waals surface area (Å²) in [7, 11) is 1.61. The predicted octanol–water partition coefficient (Wildman–Crippen LogP) is 1.96. The summed E-state index contributed by atoms with van der Waals surface area (Å²) in [6.45, 7) is 1.40. The van der Waals surface area contributed by atoms with Gasteiger partial charge in [-0.15, -0.1) is 0 Å². The van der Waals surface area contributed by atoms with Gasteiger partial charge in [0, 0.05) is 24.8 Å². The van der Waals surface area contributed by atoms with Gasteiger partial charge in [-0.05, 0) is 17.7 Å². The van der Waals surface area contributed by atoms with Crippen LogP contribution in [0.1, 0.15) is 0 Å². The number of urea groups is 1. The molecule has 2 aromatic rings. The van der Waals surface area contributed by atoms with Crippen LogP contribution in [0.5, 0.6) is 5.75 Å². The zero-order chi connectivity index (χ0) is 16.1. The molecule has 1 saturated heterocycles. The molecule has 4 N–H and O–H groups in total. The highest BCUT2D eigenvalue weighted by Gasteiger charge is 2.17. The van der Waals surface area contributed by atoms with E-state index in [2.05, 4.69) is 21.3 Å². The van der Waals surface area contributed by atoms with Crippen molar-refractivity contribution < 1.29 is 9.53 Å². The van der Waals surface area contributed by atoms with Crippen molar-refractivity contribution in [2.75, 3.05) is 25.6 Å². The first kappa shape index (κ1) is 15.3. The fraction of sp³-hybridized carbons (Fsp3) is 0.235. The second kappa shape index (κ2) is 7.13. The quantitative estimate of drug-likeness (QED) is 0.696. The fourth-order valence-corrected chi connectivity index (χ4v) is 2.53. The molecule has 1 atom stereocenters. The third kappa shape index (κ3) is 3.80. The van der Waals surface area contributed by atoms with E-state index in [1.807, 2.05) is 48.5 Å². The average molecular weight is 312 g/mol. The maximum atomic E-state index is 12.2. The van der Waals surface area contributed by atoms with E-state index in [1.165, 1.54) is 0 Å². The molecule has 0 spiro atoms. The summed E-state index contributed by atoms with van der Waals surface area (Å²) in [5.74, 6) is 0.695. The number of methoxy groups -OCH3 is 1. The Kier molecular flexibility index (Phi) is 4.75. The van der Waals surface area contributed by atoms with Gasteiger partial charge >= 0.3 is 6.03 Å². The molecule has 1 aliphatic rings. The number of nitrogens with one attached hydrogen (secondary N) is 4. The molecule has 6 heteroatoms. The zero-order valence-corrected chi connectivity index (χ0v) is 12.9. The Morgan fingerprint density at radius 2 is 2.04 bits per heavy atom. The highest BCUT2D eigenvalue weighted by atomic mass is 16.5. The highest BCUT2D eigenvalue weighted by molar-refractivity contribution is 5.95. The third-order valence-electron chi connectivity index (χ3n) is 3.69. The number of carbonyl (C=O) groups excluding carboxylic acids is 1. The highest BCUT2D eigenvalue weighted by Crippen LogP contribution is 2.31. The third-order valence-corrected chi connectivity index (χ3v) is 3.69. The minimum atomic E-state index is -0.253. The summed E-state index contributed by atoms with van der Waals surface area (Å²) < 4.78 is 5.27. The molecule has 2 aromatic carbocycles. The van der Waals surface area contributed by atoms with E-state index >= 15 is 0 Å². The maximum Gasteiger partial charge on any atom is 0.320 e.